The van der Waals surface area contributed by atoms with Gasteiger partial charge in [-0.15, -0.1) is 0 Å². The Labute approximate surface area is 144 Å². The van der Waals surface area contributed by atoms with Crippen LogP contribution in [-0.4, -0.2) is 77.7 Å². The molecule has 140 valence electrons. The summed E-state index contributed by atoms with van der Waals surface area (Å²) in [6, 6.07) is 2.90. The number of hydrogen-bond donors (Lipinski definition) is 4. The Hall–Kier alpha value is -1.91. The quantitative estimate of drug-likeness (QED) is 0.476. The van der Waals surface area contributed by atoms with Crippen molar-refractivity contribution in [3.05, 3.63) is 17.7 Å². The third kappa shape index (κ3) is 3.86. The van der Waals surface area contributed by atoms with Crippen molar-refractivity contribution in [1.82, 2.24) is 0 Å². The van der Waals surface area contributed by atoms with Crippen LogP contribution in [0, 0.1) is 0 Å². The molecule has 1 aliphatic rings. The molecule has 0 radical (unpaired) electrons. The minimum atomic E-state index is -1.60. The highest BCUT2D eigenvalue weighted by Crippen LogP contribution is 2.36. The Morgan fingerprint density at radius 1 is 1.08 bits per heavy atom. The summed E-state index contributed by atoms with van der Waals surface area (Å²) in [5.74, 6) is 0.181. The molecule has 0 unspecified atom stereocenters. The molecule has 0 saturated carbocycles. The van der Waals surface area contributed by atoms with Crippen LogP contribution in [0.15, 0.2) is 12.1 Å². The molecule has 0 aromatic heterocycles. The largest absolute Gasteiger partial charge is 0.496 e. The van der Waals surface area contributed by atoms with Gasteiger partial charge in [0.1, 0.15) is 47.2 Å². The minimum absolute atomic E-state index is 0.00743. The average Bonchev–Trinajstić information content (AvgIpc) is 2.60. The summed E-state index contributed by atoms with van der Waals surface area (Å²) >= 11 is 0. The van der Waals surface area contributed by atoms with Gasteiger partial charge in [-0.3, -0.25) is 4.79 Å². The number of Topliss-reactive ketones (excluding diaryl/α,β-unsaturated/α-hetero) is 1. The van der Waals surface area contributed by atoms with Crippen LogP contribution in [-0.2, 0) is 4.74 Å². The van der Waals surface area contributed by atoms with Crippen LogP contribution < -0.4 is 14.2 Å². The lowest BCUT2D eigenvalue weighted by atomic mass is 9.99. The number of aliphatic hydroxyl groups excluding tert-OH is 4. The number of hydrogen-bond acceptors (Lipinski definition) is 9. The summed E-state index contributed by atoms with van der Waals surface area (Å²) in [7, 11) is 2.79. The smallest absolute Gasteiger partial charge is 0.229 e. The number of aliphatic hydroxyl groups is 4. The van der Waals surface area contributed by atoms with Gasteiger partial charge >= 0.3 is 0 Å². The van der Waals surface area contributed by atoms with Crippen LogP contribution >= 0.6 is 0 Å². The third-order valence-corrected chi connectivity index (χ3v) is 3.94. The zero-order valence-electron chi connectivity index (χ0n) is 14.1. The first-order valence-corrected chi connectivity index (χ1v) is 7.58. The summed E-state index contributed by atoms with van der Waals surface area (Å²) < 4.78 is 21.1. The number of ether oxygens (including phenoxy) is 4. The van der Waals surface area contributed by atoms with Crippen LogP contribution in [0.3, 0.4) is 0 Å². The molecule has 1 saturated heterocycles. The first kappa shape index (κ1) is 19.4. The zero-order chi connectivity index (χ0) is 18.7. The van der Waals surface area contributed by atoms with E-state index in [0.29, 0.717) is 5.75 Å². The van der Waals surface area contributed by atoms with E-state index < -0.39 is 37.3 Å². The van der Waals surface area contributed by atoms with Gasteiger partial charge in [-0.25, -0.2) is 0 Å². The Balaban J connectivity index is 2.39. The number of carbonyl (C=O) groups is 1. The van der Waals surface area contributed by atoms with E-state index in [9.17, 15) is 25.2 Å². The van der Waals surface area contributed by atoms with Crippen LogP contribution in [0.25, 0.3) is 0 Å². The monoisotopic (exact) mass is 358 g/mol. The first-order chi connectivity index (χ1) is 11.8. The highest BCUT2D eigenvalue weighted by atomic mass is 16.7. The maximum atomic E-state index is 12.0. The molecule has 1 aromatic carbocycles. The van der Waals surface area contributed by atoms with E-state index in [2.05, 4.69) is 0 Å². The molecule has 1 heterocycles. The lowest BCUT2D eigenvalue weighted by Crippen LogP contribution is -2.60. The standard InChI is InChI=1S/C16H22O9/c1-7(18)12-9(23-3)4-8(22-2)5-10(12)24-16-15(21)14(20)13(19)11(6-17)25-16/h4-5,11,13-17,19-21H,6H2,1-3H3/t11-,13-,14+,15-,16-/m1/s1. The molecule has 1 aromatic rings. The van der Waals surface area contributed by atoms with E-state index in [-0.39, 0.29) is 22.8 Å². The Bertz CT molecular complexity index is 616. The predicted molar refractivity (Wildman–Crippen MR) is 83.9 cm³/mol. The van der Waals surface area contributed by atoms with Gasteiger partial charge in [0.05, 0.1) is 20.8 Å². The molecule has 4 N–H and O–H groups in total. The lowest BCUT2D eigenvalue weighted by molar-refractivity contribution is -0.277. The number of carbonyl (C=O) groups excluding carboxylic acids is 1. The topological polar surface area (TPSA) is 135 Å². The Morgan fingerprint density at radius 2 is 1.72 bits per heavy atom. The van der Waals surface area contributed by atoms with Crippen molar-refractivity contribution in [1.29, 1.82) is 0 Å². The van der Waals surface area contributed by atoms with Gasteiger partial charge in [-0.2, -0.15) is 0 Å². The van der Waals surface area contributed by atoms with E-state index in [1.165, 1.54) is 33.3 Å². The van der Waals surface area contributed by atoms with Gasteiger partial charge in [0, 0.05) is 12.1 Å². The van der Waals surface area contributed by atoms with Crippen molar-refractivity contribution in [2.24, 2.45) is 0 Å². The first-order valence-electron chi connectivity index (χ1n) is 7.58. The molecule has 25 heavy (non-hydrogen) atoms. The molecule has 1 fully saturated rings. The fourth-order valence-corrected chi connectivity index (χ4v) is 2.57. The van der Waals surface area contributed by atoms with Gasteiger partial charge in [-0.1, -0.05) is 0 Å². The van der Waals surface area contributed by atoms with Crippen molar-refractivity contribution in [2.45, 2.75) is 37.6 Å². The normalized spacial score (nSPS) is 29.2. The molecular formula is C16H22O9. The number of benzene rings is 1. The van der Waals surface area contributed by atoms with Gasteiger partial charge < -0.3 is 39.4 Å². The lowest BCUT2D eigenvalue weighted by Gasteiger charge is -2.39. The van der Waals surface area contributed by atoms with Gasteiger partial charge in [0.25, 0.3) is 0 Å². The Morgan fingerprint density at radius 3 is 2.24 bits per heavy atom. The number of ketones is 1. The zero-order valence-corrected chi connectivity index (χ0v) is 14.1. The minimum Gasteiger partial charge on any atom is -0.496 e. The van der Waals surface area contributed by atoms with Crippen LogP contribution in [0.1, 0.15) is 17.3 Å². The highest BCUT2D eigenvalue weighted by Gasteiger charge is 2.45. The second kappa shape index (κ2) is 7.98. The fraction of sp³-hybridized carbons (Fsp3) is 0.562. The van der Waals surface area contributed by atoms with Crippen molar-refractivity contribution in [2.75, 3.05) is 20.8 Å². The fourth-order valence-electron chi connectivity index (χ4n) is 2.57. The molecule has 0 amide bonds. The molecule has 5 atom stereocenters. The van der Waals surface area contributed by atoms with Gasteiger partial charge in [0.2, 0.25) is 6.29 Å². The van der Waals surface area contributed by atoms with Crippen molar-refractivity contribution in [3.63, 3.8) is 0 Å². The van der Waals surface area contributed by atoms with E-state index >= 15 is 0 Å². The predicted octanol–water partition coefficient (Wildman–Crippen LogP) is -0.915. The van der Waals surface area contributed by atoms with E-state index in [0.717, 1.165) is 0 Å². The summed E-state index contributed by atoms with van der Waals surface area (Å²) in [5.41, 5.74) is 0.0975. The van der Waals surface area contributed by atoms with Crippen molar-refractivity contribution in [3.8, 4) is 17.2 Å². The van der Waals surface area contributed by atoms with E-state index in [4.69, 9.17) is 18.9 Å². The summed E-state index contributed by atoms with van der Waals surface area (Å²) in [6.45, 7) is 0.719. The summed E-state index contributed by atoms with van der Waals surface area (Å²) in [4.78, 5) is 12.0. The average molecular weight is 358 g/mol. The highest BCUT2D eigenvalue weighted by molar-refractivity contribution is 6.00. The number of rotatable bonds is 6. The SMILES string of the molecule is COc1cc(OC)c(C(C)=O)c(O[C@@H]2O[C@H](CO)[C@@H](O)[C@H](O)[C@H]2O)c1. The molecule has 0 bridgehead atoms. The molecule has 9 nitrogen and oxygen atoms in total. The molecule has 2 rings (SSSR count). The van der Waals surface area contributed by atoms with Crippen LogP contribution in [0.4, 0.5) is 0 Å². The molecular weight excluding hydrogens is 336 g/mol. The maximum absolute atomic E-state index is 12.0. The van der Waals surface area contributed by atoms with Crippen LogP contribution in [0.2, 0.25) is 0 Å². The maximum Gasteiger partial charge on any atom is 0.229 e. The summed E-state index contributed by atoms with van der Waals surface area (Å²) in [6.07, 6.45) is -7.26. The Kier molecular flexibility index (Phi) is 6.20. The third-order valence-electron chi connectivity index (χ3n) is 3.94. The van der Waals surface area contributed by atoms with Gasteiger partial charge in [-0.05, 0) is 6.92 Å². The molecule has 1 aliphatic heterocycles. The molecule has 0 spiro atoms. The van der Waals surface area contributed by atoms with E-state index in [1.807, 2.05) is 0 Å². The second-order valence-electron chi connectivity index (χ2n) is 5.57. The van der Waals surface area contributed by atoms with E-state index in [1.54, 1.807) is 0 Å². The summed E-state index contributed by atoms with van der Waals surface area (Å²) in [5, 5.41) is 38.9. The van der Waals surface area contributed by atoms with Crippen molar-refractivity contribution < 1.29 is 44.2 Å². The second-order valence-corrected chi connectivity index (χ2v) is 5.57. The van der Waals surface area contributed by atoms with Gasteiger partial charge in [0.15, 0.2) is 5.78 Å². The van der Waals surface area contributed by atoms with Crippen LogP contribution in [0.5, 0.6) is 17.2 Å². The number of methoxy groups -OCH3 is 2. The van der Waals surface area contributed by atoms with Crippen molar-refractivity contribution >= 4 is 5.78 Å². The molecule has 0 aliphatic carbocycles. The molecule has 9 heteroatoms.